The van der Waals surface area contributed by atoms with Crippen molar-refractivity contribution in [2.24, 2.45) is 0 Å². The highest BCUT2D eigenvalue weighted by atomic mass is 79.9. The first kappa shape index (κ1) is 15.4. The second-order valence-electron chi connectivity index (χ2n) is 3.88. The van der Waals surface area contributed by atoms with Crippen molar-refractivity contribution >= 4 is 69.4 Å². The number of nitrogen functional groups attached to an aromatic ring is 1. The maximum atomic E-state index is 5.83. The van der Waals surface area contributed by atoms with Gasteiger partial charge >= 0.3 is 0 Å². The van der Waals surface area contributed by atoms with Gasteiger partial charge in [0.1, 0.15) is 12.4 Å². The van der Waals surface area contributed by atoms with Crippen LogP contribution in [-0.4, -0.2) is 0 Å². The van der Waals surface area contributed by atoms with E-state index in [1.165, 1.54) is 0 Å². The molecule has 0 bridgehead atoms. The van der Waals surface area contributed by atoms with Crippen molar-refractivity contribution in [1.29, 1.82) is 0 Å². The molecule has 2 N–H and O–H groups in total. The molecule has 2 rings (SSSR count). The van der Waals surface area contributed by atoms with Crippen LogP contribution in [0.15, 0.2) is 48.2 Å². The second kappa shape index (κ2) is 6.61. The van der Waals surface area contributed by atoms with Crippen LogP contribution in [0.2, 0.25) is 0 Å². The van der Waals surface area contributed by atoms with Gasteiger partial charge in [-0.05, 0) is 67.8 Å². The van der Waals surface area contributed by atoms with Crippen molar-refractivity contribution in [3.63, 3.8) is 0 Å². The largest absolute Gasteiger partial charge is 0.487 e. The molecular weight excluding hydrogens is 506 g/mol. The van der Waals surface area contributed by atoms with E-state index < -0.39 is 0 Å². The fourth-order valence-electron chi connectivity index (χ4n) is 1.58. The summed E-state index contributed by atoms with van der Waals surface area (Å²) in [5.74, 6) is 0.766. The van der Waals surface area contributed by atoms with Crippen molar-refractivity contribution in [2.45, 2.75) is 6.61 Å². The summed E-state index contributed by atoms with van der Waals surface area (Å²) in [7, 11) is 0. The summed E-state index contributed by atoms with van der Waals surface area (Å²) < 4.78 is 9.52. The molecular formula is C13H9Br4NO. The normalized spacial score (nSPS) is 10.5. The van der Waals surface area contributed by atoms with Gasteiger partial charge in [-0.1, -0.05) is 31.9 Å². The van der Waals surface area contributed by atoms with Crippen LogP contribution >= 0.6 is 63.7 Å². The molecule has 6 heteroatoms. The highest BCUT2D eigenvalue weighted by molar-refractivity contribution is 9.11. The number of hydrogen-bond donors (Lipinski definition) is 1. The fraction of sp³-hybridized carbons (Fsp3) is 0.0769. The predicted octanol–water partition coefficient (Wildman–Crippen LogP) is 5.90. The molecule has 0 aromatic heterocycles. The number of anilines is 1. The molecule has 0 unspecified atom stereocenters. The summed E-state index contributed by atoms with van der Waals surface area (Å²) in [6.07, 6.45) is 0. The number of rotatable bonds is 3. The minimum Gasteiger partial charge on any atom is -0.487 e. The van der Waals surface area contributed by atoms with E-state index in [0.29, 0.717) is 12.3 Å². The van der Waals surface area contributed by atoms with E-state index in [0.717, 1.165) is 29.2 Å². The van der Waals surface area contributed by atoms with Crippen LogP contribution in [0, 0.1) is 0 Å². The Morgan fingerprint density at radius 2 is 1.42 bits per heavy atom. The monoisotopic (exact) mass is 511 g/mol. The maximum Gasteiger partial charge on any atom is 0.148 e. The van der Waals surface area contributed by atoms with Gasteiger partial charge in [-0.15, -0.1) is 0 Å². The lowest BCUT2D eigenvalue weighted by molar-refractivity contribution is 0.302. The zero-order valence-corrected chi connectivity index (χ0v) is 15.9. The summed E-state index contributed by atoms with van der Waals surface area (Å²) in [4.78, 5) is 0. The third-order valence-corrected chi connectivity index (χ3v) is 4.42. The number of nitrogens with two attached hydrogens (primary N) is 1. The maximum absolute atomic E-state index is 5.83. The van der Waals surface area contributed by atoms with E-state index >= 15 is 0 Å². The molecule has 0 aliphatic rings. The Labute approximate surface area is 145 Å². The lowest BCUT2D eigenvalue weighted by Gasteiger charge is -2.11. The zero-order chi connectivity index (χ0) is 14.0. The smallest absolute Gasteiger partial charge is 0.148 e. The van der Waals surface area contributed by atoms with Crippen LogP contribution in [-0.2, 0) is 6.61 Å². The number of benzene rings is 2. The fourth-order valence-corrected chi connectivity index (χ4v) is 4.63. The Morgan fingerprint density at radius 3 is 2.00 bits per heavy atom. The van der Waals surface area contributed by atoms with E-state index in [9.17, 15) is 0 Å². The standard InChI is InChI=1S/C13H9Br4NO/c14-8-1-7(2-10(18)3-8)6-19-13-11(16)4-9(15)5-12(13)17/h1-5H,6,18H2. The highest BCUT2D eigenvalue weighted by Crippen LogP contribution is 2.37. The van der Waals surface area contributed by atoms with E-state index in [-0.39, 0.29) is 0 Å². The Hall–Kier alpha value is -0.0400. The summed E-state index contributed by atoms with van der Waals surface area (Å²) in [5.41, 5.74) is 7.52. The van der Waals surface area contributed by atoms with Gasteiger partial charge in [-0.25, -0.2) is 0 Å². The SMILES string of the molecule is Nc1cc(Br)cc(COc2c(Br)cc(Br)cc2Br)c1. The van der Waals surface area contributed by atoms with Crippen LogP contribution in [0.5, 0.6) is 5.75 Å². The topological polar surface area (TPSA) is 35.2 Å². The van der Waals surface area contributed by atoms with Crippen molar-refractivity contribution < 1.29 is 4.74 Å². The van der Waals surface area contributed by atoms with Gasteiger partial charge in [0.05, 0.1) is 8.95 Å². The number of hydrogen-bond acceptors (Lipinski definition) is 2. The molecule has 0 fully saturated rings. The van der Waals surface area contributed by atoms with Crippen LogP contribution in [0.1, 0.15) is 5.56 Å². The summed E-state index contributed by atoms with van der Waals surface area (Å²) in [6.45, 7) is 0.447. The molecule has 0 saturated carbocycles. The van der Waals surface area contributed by atoms with Crippen molar-refractivity contribution in [3.8, 4) is 5.75 Å². The van der Waals surface area contributed by atoms with Crippen LogP contribution in [0.25, 0.3) is 0 Å². The van der Waals surface area contributed by atoms with Crippen molar-refractivity contribution in [2.75, 3.05) is 5.73 Å². The van der Waals surface area contributed by atoms with E-state index in [1.807, 2.05) is 30.3 Å². The Morgan fingerprint density at radius 1 is 0.842 bits per heavy atom. The zero-order valence-electron chi connectivity index (χ0n) is 9.59. The third-order valence-electron chi connectivity index (χ3n) is 2.33. The molecule has 0 spiro atoms. The molecule has 0 amide bonds. The minimum absolute atomic E-state index is 0.447. The van der Waals surface area contributed by atoms with Crippen LogP contribution in [0.4, 0.5) is 5.69 Å². The lowest BCUT2D eigenvalue weighted by atomic mass is 10.2. The molecule has 2 aromatic rings. The molecule has 2 nitrogen and oxygen atoms in total. The molecule has 0 aliphatic carbocycles. The lowest BCUT2D eigenvalue weighted by Crippen LogP contribution is -1.98. The van der Waals surface area contributed by atoms with Gasteiger partial charge < -0.3 is 10.5 Å². The second-order valence-corrected chi connectivity index (χ2v) is 7.42. The highest BCUT2D eigenvalue weighted by Gasteiger charge is 2.09. The van der Waals surface area contributed by atoms with Gasteiger partial charge in [0.25, 0.3) is 0 Å². The van der Waals surface area contributed by atoms with Gasteiger partial charge in [-0.2, -0.15) is 0 Å². The quantitative estimate of drug-likeness (QED) is 0.518. The van der Waals surface area contributed by atoms with E-state index in [4.69, 9.17) is 10.5 Å². The molecule has 0 aliphatic heterocycles. The van der Waals surface area contributed by atoms with Gasteiger partial charge in [0.15, 0.2) is 0 Å². The molecule has 0 radical (unpaired) electrons. The molecule has 100 valence electrons. The molecule has 0 heterocycles. The number of ether oxygens (including phenoxy) is 1. The predicted molar refractivity (Wildman–Crippen MR) is 92.4 cm³/mol. The van der Waals surface area contributed by atoms with Crippen LogP contribution < -0.4 is 10.5 Å². The first-order valence-corrected chi connectivity index (χ1v) is 8.45. The first-order valence-electron chi connectivity index (χ1n) is 5.28. The van der Waals surface area contributed by atoms with E-state index in [1.54, 1.807) is 0 Å². The summed E-state index contributed by atoms with van der Waals surface area (Å²) in [6, 6.07) is 9.61. The minimum atomic E-state index is 0.447. The molecule has 19 heavy (non-hydrogen) atoms. The molecule has 0 atom stereocenters. The molecule has 0 saturated heterocycles. The van der Waals surface area contributed by atoms with E-state index in [2.05, 4.69) is 63.7 Å². The summed E-state index contributed by atoms with van der Waals surface area (Å²) >= 11 is 13.8. The number of halogens is 4. The van der Waals surface area contributed by atoms with Gasteiger partial charge in [-0.3, -0.25) is 0 Å². The third kappa shape index (κ3) is 4.21. The average Bonchev–Trinajstić information content (AvgIpc) is 2.25. The Bertz CT molecular complexity index is 572. The van der Waals surface area contributed by atoms with Gasteiger partial charge in [0.2, 0.25) is 0 Å². The van der Waals surface area contributed by atoms with Crippen LogP contribution in [0.3, 0.4) is 0 Å². The first-order chi connectivity index (χ1) is 8.95. The van der Waals surface area contributed by atoms with Crippen molar-refractivity contribution in [3.05, 3.63) is 53.8 Å². The average molecular weight is 515 g/mol. The Balaban J connectivity index is 2.19. The van der Waals surface area contributed by atoms with Gasteiger partial charge in [0, 0.05) is 14.6 Å². The molecule has 2 aromatic carbocycles. The van der Waals surface area contributed by atoms with Crippen molar-refractivity contribution in [1.82, 2.24) is 0 Å². The summed E-state index contributed by atoms with van der Waals surface area (Å²) in [5, 5.41) is 0. The Kier molecular flexibility index (Phi) is 5.34.